The van der Waals surface area contributed by atoms with Crippen molar-refractivity contribution in [3.8, 4) is 0 Å². The zero-order valence-electron chi connectivity index (χ0n) is 21.1. The molecule has 1 unspecified atom stereocenters. The zero-order valence-corrected chi connectivity index (χ0v) is 21.1. The lowest BCUT2D eigenvalue weighted by molar-refractivity contribution is -0.138. The van der Waals surface area contributed by atoms with E-state index in [9.17, 15) is 14.0 Å². The van der Waals surface area contributed by atoms with Crippen LogP contribution in [0.1, 0.15) is 42.7 Å². The second-order valence-corrected chi connectivity index (χ2v) is 10.2. The second-order valence-electron chi connectivity index (χ2n) is 10.2. The monoisotopic (exact) mass is 494 g/mol. The average molecular weight is 495 g/mol. The lowest BCUT2D eigenvalue weighted by atomic mass is 9.80. The smallest absolute Gasteiger partial charge is 0.250 e. The van der Waals surface area contributed by atoms with E-state index in [1.807, 2.05) is 17.0 Å². The van der Waals surface area contributed by atoms with Gasteiger partial charge in [0.15, 0.2) is 0 Å². The van der Waals surface area contributed by atoms with Crippen LogP contribution in [-0.4, -0.2) is 52.8 Å². The number of rotatable bonds is 9. The summed E-state index contributed by atoms with van der Waals surface area (Å²) in [4.78, 5) is 28.4. The van der Waals surface area contributed by atoms with Crippen LogP contribution in [0.25, 0.3) is 10.9 Å². The van der Waals surface area contributed by atoms with Gasteiger partial charge < -0.3 is 24.1 Å². The molecule has 1 amide bonds. The number of carbonyl (C=O) groups excluding carboxylic acids is 1. The number of nitrogens with zero attached hydrogens (tertiary/aromatic N) is 3. The van der Waals surface area contributed by atoms with Crippen molar-refractivity contribution in [1.82, 2.24) is 19.4 Å². The van der Waals surface area contributed by atoms with Crippen molar-refractivity contribution in [1.29, 1.82) is 0 Å². The highest BCUT2D eigenvalue weighted by Gasteiger charge is 2.40. The van der Waals surface area contributed by atoms with Gasteiger partial charge in [0.05, 0.1) is 5.92 Å². The van der Waals surface area contributed by atoms with Gasteiger partial charge in [-0.15, -0.1) is 0 Å². The number of halogens is 1. The predicted molar refractivity (Wildman–Crippen MR) is 137 cm³/mol. The van der Waals surface area contributed by atoms with Crippen molar-refractivity contribution in [3.05, 3.63) is 70.0 Å². The number of methoxy groups -OCH3 is 1. The maximum atomic E-state index is 14.2. The molecule has 0 radical (unpaired) electrons. The number of hydrogen-bond donors (Lipinski definition) is 1. The number of pyridine rings is 1. The molecule has 3 aromatic rings. The summed E-state index contributed by atoms with van der Waals surface area (Å²) in [5, 5.41) is 4.25. The van der Waals surface area contributed by atoms with Gasteiger partial charge in [0.1, 0.15) is 5.82 Å². The summed E-state index contributed by atoms with van der Waals surface area (Å²) in [7, 11) is 3.43. The van der Waals surface area contributed by atoms with Crippen molar-refractivity contribution >= 4 is 16.8 Å². The predicted octanol–water partition coefficient (Wildman–Crippen LogP) is 3.40. The normalized spacial score (nSPS) is 20.1. The highest BCUT2D eigenvalue weighted by atomic mass is 19.1. The Morgan fingerprint density at radius 2 is 2.06 bits per heavy atom. The van der Waals surface area contributed by atoms with Crippen LogP contribution >= 0.6 is 0 Å². The summed E-state index contributed by atoms with van der Waals surface area (Å²) in [6, 6.07) is 8.75. The Morgan fingerprint density at radius 3 is 2.81 bits per heavy atom. The van der Waals surface area contributed by atoms with Crippen LogP contribution in [0.5, 0.6) is 0 Å². The van der Waals surface area contributed by atoms with E-state index in [1.165, 1.54) is 6.07 Å². The number of benzene rings is 1. The fourth-order valence-electron chi connectivity index (χ4n) is 5.51. The van der Waals surface area contributed by atoms with Gasteiger partial charge in [0.2, 0.25) is 5.91 Å². The standard InChI is InChI=1S/C28H35FN4O3/c1-31-12-9-19(14-27(31)34)23-8-10-30-16-25(23)28(35)33(22-5-6-22)18-20-17-32(11-3-13-36-2)26-7-4-21(29)15-24(20)26/h4,7,9,12,14-15,17,22-23,25,30H,3,5-6,8,10-11,13,16,18H2,1-2H3/t23-,25?/m1/s1. The van der Waals surface area contributed by atoms with Crippen LogP contribution in [0.4, 0.5) is 4.39 Å². The zero-order chi connectivity index (χ0) is 25.2. The molecular formula is C28H35FN4O3. The van der Waals surface area contributed by atoms with E-state index in [0.29, 0.717) is 19.7 Å². The SMILES string of the molecule is COCCCn1cc(CN(C(=O)C2CNCC[C@@H]2c2ccn(C)c(=O)c2)C2CC2)c2cc(F)ccc21. The number of amides is 1. The van der Waals surface area contributed by atoms with E-state index in [1.54, 1.807) is 37.1 Å². The summed E-state index contributed by atoms with van der Waals surface area (Å²) < 4.78 is 23.2. The molecule has 3 heterocycles. The van der Waals surface area contributed by atoms with Crippen molar-refractivity contribution in [2.24, 2.45) is 13.0 Å². The molecular weight excluding hydrogens is 459 g/mol. The summed E-state index contributed by atoms with van der Waals surface area (Å²) in [6.45, 7) is 3.30. The maximum Gasteiger partial charge on any atom is 0.250 e. The number of fused-ring (bicyclic) bond motifs is 1. The molecule has 0 spiro atoms. The van der Waals surface area contributed by atoms with Crippen molar-refractivity contribution in [3.63, 3.8) is 0 Å². The van der Waals surface area contributed by atoms with Gasteiger partial charge in [0, 0.05) is 75.8 Å². The second kappa shape index (κ2) is 10.6. The molecule has 36 heavy (non-hydrogen) atoms. The third-order valence-electron chi connectivity index (χ3n) is 7.64. The molecule has 2 aromatic heterocycles. The van der Waals surface area contributed by atoms with E-state index >= 15 is 0 Å². The Bertz CT molecular complexity index is 1300. The summed E-state index contributed by atoms with van der Waals surface area (Å²) in [5.41, 5.74) is 2.82. The molecule has 2 aliphatic rings. The molecule has 192 valence electrons. The fraction of sp³-hybridized carbons (Fsp3) is 0.500. The topological polar surface area (TPSA) is 68.5 Å². The third kappa shape index (κ3) is 5.11. The van der Waals surface area contributed by atoms with Crippen LogP contribution < -0.4 is 10.9 Å². The quantitative estimate of drug-likeness (QED) is 0.463. The number of piperidine rings is 1. The molecule has 7 nitrogen and oxygen atoms in total. The van der Waals surface area contributed by atoms with Crippen molar-refractivity contribution < 1.29 is 13.9 Å². The molecule has 8 heteroatoms. The minimum atomic E-state index is -0.273. The maximum absolute atomic E-state index is 14.2. The molecule has 1 aliphatic heterocycles. The molecule has 1 N–H and O–H groups in total. The molecule has 0 bridgehead atoms. The lowest BCUT2D eigenvalue weighted by Gasteiger charge is -2.35. The first-order valence-electron chi connectivity index (χ1n) is 12.9. The molecule has 1 saturated carbocycles. The number of nitrogens with one attached hydrogen (secondary N) is 1. The Hall–Kier alpha value is -2.97. The van der Waals surface area contributed by atoms with Crippen LogP contribution in [0.2, 0.25) is 0 Å². The lowest BCUT2D eigenvalue weighted by Crippen LogP contribution is -2.47. The molecule has 2 fully saturated rings. The van der Waals surface area contributed by atoms with Gasteiger partial charge in [-0.25, -0.2) is 4.39 Å². The number of carbonyl (C=O) groups is 1. The summed E-state index contributed by atoms with van der Waals surface area (Å²) in [5.74, 6) is -0.392. The van der Waals surface area contributed by atoms with Gasteiger partial charge >= 0.3 is 0 Å². The number of ether oxygens (including phenoxy) is 1. The highest BCUT2D eigenvalue weighted by Crippen LogP contribution is 2.37. The van der Waals surface area contributed by atoms with Gasteiger partial charge in [-0.3, -0.25) is 9.59 Å². The first kappa shape index (κ1) is 24.7. The van der Waals surface area contributed by atoms with E-state index in [-0.39, 0.29) is 35.2 Å². The van der Waals surface area contributed by atoms with Gasteiger partial charge in [-0.05, 0) is 73.5 Å². The van der Waals surface area contributed by atoms with Gasteiger partial charge in [0.25, 0.3) is 5.56 Å². The minimum Gasteiger partial charge on any atom is -0.385 e. The summed E-state index contributed by atoms with van der Waals surface area (Å²) >= 11 is 0. The van der Waals surface area contributed by atoms with E-state index in [4.69, 9.17) is 4.74 Å². The van der Waals surface area contributed by atoms with E-state index in [2.05, 4.69) is 16.1 Å². The van der Waals surface area contributed by atoms with Crippen LogP contribution in [0.3, 0.4) is 0 Å². The molecule has 5 rings (SSSR count). The first-order valence-corrected chi connectivity index (χ1v) is 12.9. The first-order chi connectivity index (χ1) is 17.5. The van der Waals surface area contributed by atoms with Crippen molar-refractivity contribution in [2.45, 2.75) is 50.7 Å². The molecule has 2 atom stereocenters. The Kier molecular flexibility index (Phi) is 7.25. The Balaban J connectivity index is 1.44. The van der Waals surface area contributed by atoms with Gasteiger partial charge in [-0.1, -0.05) is 0 Å². The fourth-order valence-corrected chi connectivity index (χ4v) is 5.51. The van der Waals surface area contributed by atoms with Crippen molar-refractivity contribution in [2.75, 3.05) is 26.8 Å². The summed E-state index contributed by atoms with van der Waals surface area (Å²) in [6.07, 6.45) is 7.50. The molecule has 1 saturated heterocycles. The number of hydrogen-bond acceptors (Lipinski definition) is 4. The third-order valence-corrected chi connectivity index (χ3v) is 7.64. The largest absolute Gasteiger partial charge is 0.385 e. The average Bonchev–Trinajstić information content (AvgIpc) is 3.67. The molecule has 1 aromatic carbocycles. The Morgan fingerprint density at radius 1 is 1.22 bits per heavy atom. The Labute approximate surface area is 210 Å². The van der Waals surface area contributed by atoms with Crippen LogP contribution in [-0.2, 0) is 29.7 Å². The number of aryl methyl sites for hydroxylation is 2. The minimum absolute atomic E-state index is 0.00160. The van der Waals surface area contributed by atoms with Crippen LogP contribution in [0, 0.1) is 11.7 Å². The van der Waals surface area contributed by atoms with Crippen LogP contribution in [0.15, 0.2) is 47.5 Å². The van der Waals surface area contributed by atoms with E-state index in [0.717, 1.165) is 60.8 Å². The number of aromatic nitrogens is 2. The highest BCUT2D eigenvalue weighted by molar-refractivity contribution is 5.86. The van der Waals surface area contributed by atoms with E-state index < -0.39 is 0 Å². The van der Waals surface area contributed by atoms with Gasteiger partial charge in [-0.2, -0.15) is 0 Å². The molecule has 1 aliphatic carbocycles.